The molecule has 0 unspecified atom stereocenters. The van der Waals surface area contributed by atoms with Crippen LogP contribution in [0.15, 0.2) is 40.0 Å². The summed E-state index contributed by atoms with van der Waals surface area (Å²) in [5.41, 5.74) is 3.69. The van der Waals surface area contributed by atoms with E-state index in [2.05, 4.69) is 55.2 Å². The van der Waals surface area contributed by atoms with Crippen molar-refractivity contribution in [3.63, 3.8) is 0 Å². The van der Waals surface area contributed by atoms with Crippen molar-refractivity contribution in [1.29, 1.82) is 0 Å². The molecule has 3 aromatic rings. The van der Waals surface area contributed by atoms with Crippen LogP contribution in [0, 0.1) is 0 Å². The lowest BCUT2D eigenvalue weighted by molar-refractivity contribution is 0.213. The first-order valence-electron chi connectivity index (χ1n) is 11.1. The highest BCUT2D eigenvalue weighted by Gasteiger charge is 2.22. The molecule has 0 saturated carbocycles. The van der Waals surface area contributed by atoms with E-state index in [1.54, 1.807) is 11.8 Å². The summed E-state index contributed by atoms with van der Waals surface area (Å²) in [5, 5.41) is 14.5. The molecule has 2 aliphatic rings. The van der Waals surface area contributed by atoms with Crippen molar-refractivity contribution in [3.05, 3.63) is 58.7 Å². The number of nitrogens with zero attached hydrogens (tertiary/aromatic N) is 5. The van der Waals surface area contributed by atoms with Gasteiger partial charge in [0.1, 0.15) is 11.6 Å². The van der Waals surface area contributed by atoms with Crippen LogP contribution >= 0.6 is 11.8 Å². The molecule has 0 amide bonds. The van der Waals surface area contributed by atoms with E-state index in [9.17, 15) is 0 Å². The van der Waals surface area contributed by atoms with Crippen molar-refractivity contribution in [3.8, 4) is 0 Å². The maximum absolute atomic E-state index is 5.59. The van der Waals surface area contributed by atoms with Gasteiger partial charge in [0.15, 0.2) is 5.16 Å². The average Bonchev–Trinajstić information content (AvgIpc) is 3.38. The molecule has 5 rings (SSSR count). The highest BCUT2D eigenvalue weighted by Crippen LogP contribution is 2.29. The lowest BCUT2D eigenvalue weighted by Gasteiger charge is -2.26. The van der Waals surface area contributed by atoms with Gasteiger partial charge in [0.2, 0.25) is 0 Å². The standard InChI is InChI=1S/C23H29N5OS/c1-3-9-18(10-4-1)15-28-22(16-27-13-7-2-8-14-27)24-25-23(28)30-17-20-19-11-5-6-12-21(19)29-26-20/h1,3-4,9-10H,2,5-8,11-17H2. The summed E-state index contributed by atoms with van der Waals surface area (Å²) in [6.45, 7) is 3.99. The van der Waals surface area contributed by atoms with E-state index in [1.807, 2.05) is 0 Å². The van der Waals surface area contributed by atoms with Crippen LogP contribution in [0.1, 0.15) is 60.5 Å². The first-order valence-corrected chi connectivity index (χ1v) is 12.1. The fraction of sp³-hybridized carbons (Fsp3) is 0.522. The summed E-state index contributed by atoms with van der Waals surface area (Å²) < 4.78 is 7.89. The molecular weight excluding hydrogens is 394 g/mol. The smallest absolute Gasteiger partial charge is 0.191 e. The molecule has 0 spiro atoms. The van der Waals surface area contributed by atoms with Crippen molar-refractivity contribution >= 4 is 11.8 Å². The number of fused-ring (bicyclic) bond motifs is 1. The number of piperidine rings is 1. The van der Waals surface area contributed by atoms with Gasteiger partial charge in [-0.3, -0.25) is 4.90 Å². The monoisotopic (exact) mass is 423 g/mol. The molecule has 0 radical (unpaired) electrons. The topological polar surface area (TPSA) is 60.0 Å². The SMILES string of the molecule is c1ccc(Cn2c(CN3CCCCC3)nnc2SCc2noc3c2CCCC3)cc1. The Labute approximate surface area is 182 Å². The number of thioether (sulfide) groups is 1. The van der Waals surface area contributed by atoms with Crippen LogP contribution in [-0.4, -0.2) is 37.9 Å². The zero-order valence-corrected chi connectivity index (χ0v) is 18.2. The van der Waals surface area contributed by atoms with Gasteiger partial charge in [-0.2, -0.15) is 0 Å². The highest BCUT2D eigenvalue weighted by molar-refractivity contribution is 7.98. The molecule has 1 aliphatic carbocycles. The molecule has 0 bridgehead atoms. The number of benzene rings is 1. The van der Waals surface area contributed by atoms with E-state index in [0.29, 0.717) is 0 Å². The molecule has 30 heavy (non-hydrogen) atoms. The quantitative estimate of drug-likeness (QED) is 0.523. The van der Waals surface area contributed by atoms with Crippen molar-refractivity contribution in [2.45, 2.75) is 68.9 Å². The second-order valence-corrected chi connectivity index (χ2v) is 9.28. The Morgan fingerprint density at radius 3 is 2.60 bits per heavy atom. The maximum atomic E-state index is 5.59. The minimum atomic E-state index is 0.787. The normalized spacial score (nSPS) is 17.2. The lowest BCUT2D eigenvalue weighted by atomic mass is 9.97. The number of hydrogen-bond acceptors (Lipinski definition) is 6. The Kier molecular flexibility index (Phi) is 6.18. The average molecular weight is 424 g/mol. The largest absolute Gasteiger partial charge is 0.361 e. The van der Waals surface area contributed by atoms with Crippen molar-refractivity contribution in [2.24, 2.45) is 0 Å². The fourth-order valence-corrected chi connectivity index (χ4v) is 5.40. The van der Waals surface area contributed by atoms with E-state index in [1.165, 1.54) is 43.2 Å². The predicted octanol–water partition coefficient (Wildman–Crippen LogP) is 4.47. The second kappa shape index (κ2) is 9.35. The third-order valence-electron chi connectivity index (χ3n) is 6.16. The van der Waals surface area contributed by atoms with Gasteiger partial charge in [0.25, 0.3) is 0 Å². The summed E-state index contributed by atoms with van der Waals surface area (Å²) in [5.74, 6) is 2.94. The molecule has 7 heteroatoms. The first-order chi connectivity index (χ1) is 14.9. The van der Waals surface area contributed by atoms with Crippen LogP contribution < -0.4 is 0 Å². The number of aromatic nitrogens is 4. The van der Waals surface area contributed by atoms with E-state index in [-0.39, 0.29) is 0 Å². The van der Waals surface area contributed by atoms with Gasteiger partial charge in [-0.05, 0) is 50.8 Å². The molecule has 0 atom stereocenters. The summed E-state index contributed by atoms with van der Waals surface area (Å²) in [6.07, 6.45) is 8.46. The van der Waals surface area contributed by atoms with E-state index < -0.39 is 0 Å². The Hall–Kier alpha value is -2.12. The van der Waals surface area contributed by atoms with Crippen LogP contribution in [0.2, 0.25) is 0 Å². The Morgan fingerprint density at radius 1 is 0.900 bits per heavy atom. The molecule has 1 fully saturated rings. The van der Waals surface area contributed by atoms with E-state index >= 15 is 0 Å². The van der Waals surface area contributed by atoms with Crippen molar-refractivity contribution in [2.75, 3.05) is 13.1 Å². The van der Waals surface area contributed by atoms with Crippen LogP contribution in [0.25, 0.3) is 0 Å². The van der Waals surface area contributed by atoms with Crippen LogP contribution in [0.5, 0.6) is 0 Å². The van der Waals surface area contributed by atoms with Gasteiger partial charge in [0, 0.05) is 17.7 Å². The molecule has 6 nitrogen and oxygen atoms in total. The minimum absolute atomic E-state index is 0.787. The fourth-order valence-electron chi connectivity index (χ4n) is 4.48. The van der Waals surface area contributed by atoms with E-state index in [0.717, 1.165) is 67.2 Å². The Morgan fingerprint density at radius 2 is 1.73 bits per heavy atom. The molecule has 0 N–H and O–H groups in total. The molecule has 2 aromatic heterocycles. The Bertz CT molecular complexity index is 961. The first kappa shape index (κ1) is 19.8. The van der Waals surface area contributed by atoms with Gasteiger partial charge < -0.3 is 9.09 Å². The zero-order valence-electron chi connectivity index (χ0n) is 17.4. The zero-order chi connectivity index (χ0) is 20.2. The second-order valence-electron chi connectivity index (χ2n) is 8.33. The van der Waals surface area contributed by atoms with Gasteiger partial charge in [-0.15, -0.1) is 10.2 Å². The minimum Gasteiger partial charge on any atom is -0.361 e. The molecule has 1 saturated heterocycles. The third-order valence-corrected chi connectivity index (χ3v) is 7.14. The predicted molar refractivity (Wildman–Crippen MR) is 117 cm³/mol. The van der Waals surface area contributed by atoms with Crippen LogP contribution in [0.3, 0.4) is 0 Å². The van der Waals surface area contributed by atoms with E-state index in [4.69, 9.17) is 4.52 Å². The van der Waals surface area contributed by atoms with Crippen molar-refractivity contribution < 1.29 is 4.52 Å². The van der Waals surface area contributed by atoms with Crippen LogP contribution in [-0.2, 0) is 31.7 Å². The van der Waals surface area contributed by atoms with Gasteiger partial charge >= 0.3 is 0 Å². The summed E-state index contributed by atoms with van der Waals surface area (Å²) in [4.78, 5) is 2.51. The third kappa shape index (κ3) is 4.47. The molecule has 1 aliphatic heterocycles. The lowest BCUT2D eigenvalue weighted by Crippen LogP contribution is -2.30. The molecular formula is C23H29N5OS. The number of likely N-dealkylation sites (tertiary alicyclic amines) is 1. The van der Waals surface area contributed by atoms with Gasteiger partial charge in [0.05, 0.1) is 18.8 Å². The molecule has 158 valence electrons. The maximum Gasteiger partial charge on any atom is 0.191 e. The van der Waals surface area contributed by atoms with Gasteiger partial charge in [-0.1, -0.05) is 53.7 Å². The highest BCUT2D eigenvalue weighted by atomic mass is 32.2. The van der Waals surface area contributed by atoms with Gasteiger partial charge in [-0.25, -0.2) is 0 Å². The van der Waals surface area contributed by atoms with Crippen molar-refractivity contribution in [1.82, 2.24) is 24.8 Å². The Balaban J connectivity index is 1.35. The number of aryl methyl sites for hydroxylation is 1. The molecule has 3 heterocycles. The summed E-state index contributed by atoms with van der Waals surface area (Å²) >= 11 is 1.73. The summed E-state index contributed by atoms with van der Waals surface area (Å²) in [6, 6.07) is 10.6. The number of rotatable bonds is 7. The summed E-state index contributed by atoms with van der Waals surface area (Å²) in [7, 11) is 0. The van der Waals surface area contributed by atoms with Crippen LogP contribution in [0.4, 0.5) is 0 Å². The molecule has 1 aromatic carbocycles. The number of hydrogen-bond donors (Lipinski definition) is 0.